The van der Waals surface area contributed by atoms with Crippen LogP contribution in [0.5, 0.6) is 0 Å². The number of thiophene rings is 1. The second-order valence-corrected chi connectivity index (χ2v) is 17.0. The number of anilines is 4. The molecule has 0 radical (unpaired) electrons. The molecule has 0 saturated heterocycles. The molecule has 2 unspecified atom stereocenters. The molecule has 59 heavy (non-hydrogen) atoms. The van der Waals surface area contributed by atoms with Crippen molar-refractivity contribution in [2.24, 2.45) is 0 Å². The van der Waals surface area contributed by atoms with Crippen molar-refractivity contribution < 1.29 is 0 Å². The Morgan fingerprint density at radius 3 is 2.02 bits per heavy atom. The normalized spacial score (nSPS) is 17.1. The summed E-state index contributed by atoms with van der Waals surface area (Å²) in [5.41, 5.74) is 12.5. The van der Waals surface area contributed by atoms with E-state index in [0.29, 0.717) is 12.1 Å². The maximum absolute atomic E-state index is 2.65. The molecule has 2 atom stereocenters. The molecular weight excluding hydrogens is 733 g/mol. The van der Waals surface area contributed by atoms with Gasteiger partial charge in [-0.25, -0.2) is 0 Å². The zero-order chi connectivity index (χ0) is 38.9. The molecule has 280 valence electrons. The zero-order valence-corrected chi connectivity index (χ0v) is 33.3. The van der Waals surface area contributed by atoms with Crippen LogP contribution in [0.25, 0.3) is 64.0 Å². The molecule has 9 aromatic rings. The Morgan fingerprint density at radius 2 is 1.20 bits per heavy atom. The Morgan fingerprint density at radius 1 is 0.525 bits per heavy atom. The highest BCUT2D eigenvalue weighted by Gasteiger charge is 2.37. The fraction of sp³-hybridized carbons (Fsp3) is 0.0714. The first-order chi connectivity index (χ1) is 29.2. The molecule has 0 fully saturated rings. The van der Waals surface area contributed by atoms with Crippen LogP contribution in [0.2, 0.25) is 0 Å². The Labute approximate surface area is 348 Å². The van der Waals surface area contributed by atoms with E-state index in [2.05, 4.69) is 216 Å². The standard InChI is InChI=1S/C56H40N2S/c1-2-13-42(14-3-1)58-52-20-10-8-18-48(52)50-34-39(26-32-53(50)58)37-22-28-43(29-23-37)57(54-36-41-12-4-5-15-45(41)46-16-6-7-17-47(46)54)44-30-24-38(25-31-44)40-27-33-56-51(35-40)49-19-9-11-21-55(49)59-56/h1-13,15-31,33-36,42,53H,14,32H2. The number of hydrogen-bond donors (Lipinski definition) is 0. The van der Waals surface area contributed by atoms with Crippen molar-refractivity contribution in [1.29, 1.82) is 0 Å². The van der Waals surface area contributed by atoms with Crippen LogP contribution in [0.3, 0.4) is 0 Å². The Bertz CT molecular complexity index is 3230. The zero-order valence-electron chi connectivity index (χ0n) is 32.5. The molecule has 8 aromatic carbocycles. The van der Waals surface area contributed by atoms with Gasteiger partial charge in [0.25, 0.3) is 0 Å². The summed E-state index contributed by atoms with van der Waals surface area (Å²) in [7, 11) is 0. The second kappa shape index (κ2) is 13.9. The number of fused-ring (bicyclic) bond motifs is 9. The lowest BCUT2D eigenvalue weighted by Gasteiger charge is -2.35. The van der Waals surface area contributed by atoms with Gasteiger partial charge in [-0.05, 0) is 118 Å². The minimum absolute atomic E-state index is 0.350. The minimum atomic E-state index is 0.350. The third-order valence-electron chi connectivity index (χ3n) is 12.7. The van der Waals surface area contributed by atoms with Crippen molar-refractivity contribution in [2.45, 2.75) is 24.9 Å². The average Bonchev–Trinajstić information content (AvgIpc) is 3.85. The highest BCUT2D eigenvalue weighted by molar-refractivity contribution is 7.25. The van der Waals surface area contributed by atoms with E-state index >= 15 is 0 Å². The van der Waals surface area contributed by atoms with E-state index in [4.69, 9.17) is 0 Å². The molecule has 3 aliphatic rings. The largest absolute Gasteiger partial charge is 0.357 e. The molecule has 1 aromatic heterocycles. The van der Waals surface area contributed by atoms with Gasteiger partial charge >= 0.3 is 0 Å². The van der Waals surface area contributed by atoms with E-state index in [1.54, 1.807) is 0 Å². The summed E-state index contributed by atoms with van der Waals surface area (Å²) in [5, 5.41) is 7.64. The van der Waals surface area contributed by atoms with Crippen LogP contribution in [-0.4, -0.2) is 12.1 Å². The van der Waals surface area contributed by atoms with Gasteiger partial charge in [-0.2, -0.15) is 0 Å². The van der Waals surface area contributed by atoms with Gasteiger partial charge in [0.1, 0.15) is 0 Å². The average molecular weight is 773 g/mol. The Hall–Kier alpha value is -6.94. The molecular formula is C56H40N2S. The van der Waals surface area contributed by atoms with Gasteiger partial charge in [-0.3, -0.25) is 0 Å². The van der Waals surface area contributed by atoms with Gasteiger partial charge in [-0.1, -0.05) is 146 Å². The van der Waals surface area contributed by atoms with E-state index in [1.165, 1.54) is 86.5 Å². The third-order valence-corrected chi connectivity index (χ3v) is 13.8. The van der Waals surface area contributed by atoms with Crippen molar-refractivity contribution in [3.8, 4) is 11.1 Å². The number of nitrogens with zero attached hydrogens (tertiary/aromatic N) is 2. The molecule has 0 amide bonds. The van der Waals surface area contributed by atoms with Crippen LogP contribution in [0.1, 0.15) is 24.0 Å². The van der Waals surface area contributed by atoms with E-state index in [-0.39, 0.29) is 0 Å². The minimum Gasteiger partial charge on any atom is -0.357 e. The lowest BCUT2D eigenvalue weighted by molar-refractivity contribution is 0.642. The molecule has 3 heteroatoms. The maximum atomic E-state index is 2.65. The first-order valence-corrected chi connectivity index (χ1v) is 21.5. The predicted octanol–water partition coefficient (Wildman–Crippen LogP) is 15.4. The van der Waals surface area contributed by atoms with Crippen molar-refractivity contribution in [1.82, 2.24) is 0 Å². The summed E-state index contributed by atoms with van der Waals surface area (Å²) in [6.45, 7) is 0. The van der Waals surface area contributed by atoms with Crippen LogP contribution in [0.4, 0.5) is 22.7 Å². The number of benzene rings is 8. The van der Waals surface area contributed by atoms with E-state index in [9.17, 15) is 0 Å². The van der Waals surface area contributed by atoms with Crippen molar-refractivity contribution in [3.05, 3.63) is 217 Å². The highest BCUT2D eigenvalue weighted by Crippen LogP contribution is 2.48. The fourth-order valence-corrected chi connectivity index (χ4v) is 10.9. The van der Waals surface area contributed by atoms with Gasteiger partial charge in [0.05, 0.1) is 17.8 Å². The summed E-state index contributed by atoms with van der Waals surface area (Å²) in [5.74, 6) is 0. The molecule has 0 N–H and O–H groups in total. The Balaban J connectivity index is 0.939. The van der Waals surface area contributed by atoms with E-state index < -0.39 is 0 Å². The summed E-state index contributed by atoms with van der Waals surface area (Å²) in [6, 6.07) is 63.7. The van der Waals surface area contributed by atoms with Gasteiger partial charge in [0, 0.05) is 48.2 Å². The topological polar surface area (TPSA) is 6.48 Å². The van der Waals surface area contributed by atoms with Crippen LogP contribution >= 0.6 is 11.3 Å². The summed E-state index contributed by atoms with van der Waals surface area (Å²) >= 11 is 1.87. The van der Waals surface area contributed by atoms with Gasteiger partial charge in [0.15, 0.2) is 0 Å². The lowest BCUT2D eigenvalue weighted by atomic mass is 9.89. The third kappa shape index (κ3) is 5.68. The highest BCUT2D eigenvalue weighted by atomic mass is 32.1. The molecule has 0 spiro atoms. The van der Waals surface area contributed by atoms with Crippen molar-refractivity contribution in [2.75, 3.05) is 9.80 Å². The summed E-state index contributed by atoms with van der Waals surface area (Å²) < 4.78 is 2.66. The van der Waals surface area contributed by atoms with Crippen molar-refractivity contribution >= 4 is 86.9 Å². The SMILES string of the molecule is C1=CCC(N2c3ccccc3C3=CC(c4ccc(N(c5ccc(-c6ccc7sc8ccccc8c7c6)cc5)c5cc6ccccc6c6ccccc56)cc4)=CCC32)C=C1. The van der Waals surface area contributed by atoms with E-state index in [1.807, 2.05) is 11.3 Å². The number of allylic oxidation sites excluding steroid dienone is 4. The first kappa shape index (κ1) is 34.1. The fourth-order valence-electron chi connectivity index (χ4n) is 9.86. The van der Waals surface area contributed by atoms with Gasteiger partial charge in [0.2, 0.25) is 0 Å². The number of para-hydroxylation sites is 1. The second-order valence-electron chi connectivity index (χ2n) is 16.0. The molecule has 12 rings (SSSR count). The smallest absolute Gasteiger partial charge is 0.0590 e. The monoisotopic (exact) mass is 772 g/mol. The molecule has 0 saturated carbocycles. The maximum Gasteiger partial charge on any atom is 0.0590 e. The molecule has 2 heterocycles. The van der Waals surface area contributed by atoms with Crippen LogP contribution in [0.15, 0.2) is 206 Å². The lowest BCUT2D eigenvalue weighted by Crippen LogP contribution is -2.40. The summed E-state index contributed by atoms with van der Waals surface area (Å²) in [6.07, 6.45) is 16.0. The molecule has 2 aliphatic carbocycles. The van der Waals surface area contributed by atoms with Crippen molar-refractivity contribution in [3.63, 3.8) is 0 Å². The first-order valence-electron chi connectivity index (χ1n) is 20.7. The Kier molecular flexibility index (Phi) is 8.02. The van der Waals surface area contributed by atoms with Crippen LogP contribution in [0, 0.1) is 0 Å². The molecule has 0 bridgehead atoms. The quantitative estimate of drug-likeness (QED) is 0.155. The summed E-state index contributed by atoms with van der Waals surface area (Å²) in [4.78, 5) is 5.09. The van der Waals surface area contributed by atoms with Gasteiger partial charge < -0.3 is 9.80 Å². The number of rotatable bonds is 6. The predicted molar refractivity (Wildman–Crippen MR) is 254 cm³/mol. The number of hydrogen-bond acceptors (Lipinski definition) is 3. The molecule has 1 aliphatic heterocycles. The van der Waals surface area contributed by atoms with Crippen LogP contribution in [-0.2, 0) is 0 Å². The van der Waals surface area contributed by atoms with Crippen LogP contribution < -0.4 is 9.80 Å². The van der Waals surface area contributed by atoms with Gasteiger partial charge in [-0.15, -0.1) is 11.3 Å². The molecule has 2 nitrogen and oxygen atoms in total. The van der Waals surface area contributed by atoms with E-state index in [0.717, 1.165) is 24.2 Å².